The maximum atomic E-state index is 12.6. The summed E-state index contributed by atoms with van der Waals surface area (Å²) >= 11 is 0. The zero-order valence-corrected chi connectivity index (χ0v) is 15.9. The fourth-order valence-electron chi connectivity index (χ4n) is 3.59. The summed E-state index contributed by atoms with van der Waals surface area (Å²) in [6.07, 6.45) is 2.19. The molecule has 5 heteroatoms. The lowest BCUT2D eigenvalue weighted by Crippen LogP contribution is -2.14. The normalized spacial score (nSPS) is 11.2. The highest BCUT2D eigenvalue weighted by Gasteiger charge is 2.13. The van der Waals surface area contributed by atoms with Crippen molar-refractivity contribution >= 4 is 33.6 Å². The molecule has 0 unspecified atom stereocenters. The van der Waals surface area contributed by atoms with Gasteiger partial charge in [0.2, 0.25) is 11.8 Å². The number of carbonyl (C=O) groups is 1. The Bertz CT molecular complexity index is 1350. The first-order valence-electron chi connectivity index (χ1n) is 9.49. The van der Waals surface area contributed by atoms with E-state index >= 15 is 0 Å². The number of benzene rings is 3. The summed E-state index contributed by atoms with van der Waals surface area (Å²) in [7, 11) is 0. The Kier molecular flexibility index (Phi) is 4.13. The molecule has 0 bridgehead atoms. The van der Waals surface area contributed by atoms with Crippen molar-refractivity contribution in [1.29, 1.82) is 0 Å². The van der Waals surface area contributed by atoms with Crippen LogP contribution in [0.25, 0.3) is 33.5 Å². The third kappa shape index (κ3) is 3.27. The lowest BCUT2D eigenvalue weighted by molar-refractivity contribution is -0.115. The lowest BCUT2D eigenvalue weighted by atomic mass is 10.1. The monoisotopic (exact) mass is 381 g/mol. The average Bonchev–Trinajstić information content (AvgIpc) is 3.32. The summed E-state index contributed by atoms with van der Waals surface area (Å²) in [5.74, 6) is 0.508. The standard InChI is InChI=1S/C24H19N3O2/c1-15-6-2-3-7-18(15)24-27-21-11-10-17(13-22(21)29-24)26-23(28)12-16-14-25-20-9-5-4-8-19(16)20/h2-11,13-14,25H,12H2,1H3,(H,26,28). The number of hydrogen-bond acceptors (Lipinski definition) is 3. The minimum absolute atomic E-state index is 0.0762. The minimum atomic E-state index is -0.0762. The van der Waals surface area contributed by atoms with Gasteiger partial charge in [0.25, 0.3) is 0 Å². The van der Waals surface area contributed by atoms with Crippen molar-refractivity contribution in [2.45, 2.75) is 13.3 Å². The number of para-hydroxylation sites is 1. The Labute approximate surface area is 167 Å². The largest absolute Gasteiger partial charge is 0.436 e. The Hall–Kier alpha value is -3.86. The van der Waals surface area contributed by atoms with Crippen molar-refractivity contribution in [1.82, 2.24) is 9.97 Å². The minimum Gasteiger partial charge on any atom is -0.436 e. The van der Waals surface area contributed by atoms with E-state index in [0.717, 1.165) is 33.1 Å². The number of hydrogen-bond donors (Lipinski definition) is 2. The molecule has 0 atom stereocenters. The van der Waals surface area contributed by atoms with Crippen LogP contribution < -0.4 is 5.32 Å². The van der Waals surface area contributed by atoms with E-state index in [2.05, 4.69) is 15.3 Å². The van der Waals surface area contributed by atoms with E-state index < -0.39 is 0 Å². The van der Waals surface area contributed by atoms with Gasteiger partial charge in [0, 0.05) is 34.4 Å². The molecule has 2 heterocycles. The third-order valence-electron chi connectivity index (χ3n) is 5.07. The van der Waals surface area contributed by atoms with Gasteiger partial charge in [-0.1, -0.05) is 36.4 Å². The topological polar surface area (TPSA) is 70.9 Å². The molecule has 0 spiro atoms. The Morgan fingerprint density at radius 2 is 1.90 bits per heavy atom. The second-order valence-electron chi connectivity index (χ2n) is 7.10. The summed E-state index contributed by atoms with van der Waals surface area (Å²) in [6.45, 7) is 2.03. The van der Waals surface area contributed by atoms with Crippen molar-refractivity contribution in [2.75, 3.05) is 5.32 Å². The summed E-state index contributed by atoms with van der Waals surface area (Å²) in [4.78, 5) is 20.3. The van der Waals surface area contributed by atoms with Gasteiger partial charge >= 0.3 is 0 Å². The summed E-state index contributed by atoms with van der Waals surface area (Å²) in [5.41, 5.74) is 6.17. The zero-order chi connectivity index (χ0) is 19.8. The predicted octanol–water partition coefficient (Wildman–Crippen LogP) is 5.47. The number of anilines is 1. The highest BCUT2D eigenvalue weighted by molar-refractivity contribution is 5.97. The van der Waals surface area contributed by atoms with Crippen LogP contribution in [-0.4, -0.2) is 15.9 Å². The number of oxazole rings is 1. The van der Waals surface area contributed by atoms with Crippen molar-refractivity contribution < 1.29 is 9.21 Å². The molecule has 142 valence electrons. The first-order chi connectivity index (χ1) is 14.2. The van der Waals surface area contributed by atoms with E-state index in [4.69, 9.17) is 4.42 Å². The zero-order valence-electron chi connectivity index (χ0n) is 15.9. The lowest BCUT2D eigenvalue weighted by Gasteiger charge is -2.04. The highest BCUT2D eigenvalue weighted by atomic mass is 16.3. The molecule has 0 aliphatic rings. The van der Waals surface area contributed by atoms with Gasteiger partial charge in [-0.05, 0) is 42.3 Å². The van der Waals surface area contributed by atoms with Gasteiger partial charge in [-0.2, -0.15) is 0 Å². The molecule has 0 fully saturated rings. The number of fused-ring (bicyclic) bond motifs is 2. The van der Waals surface area contributed by atoms with Crippen LogP contribution in [0.5, 0.6) is 0 Å². The second-order valence-corrected chi connectivity index (χ2v) is 7.10. The molecular formula is C24H19N3O2. The number of carbonyl (C=O) groups excluding carboxylic acids is 1. The maximum Gasteiger partial charge on any atom is 0.228 e. The van der Waals surface area contributed by atoms with E-state index in [0.29, 0.717) is 23.6 Å². The number of amides is 1. The highest BCUT2D eigenvalue weighted by Crippen LogP contribution is 2.28. The number of aromatic nitrogens is 2. The van der Waals surface area contributed by atoms with Crippen LogP contribution in [0, 0.1) is 6.92 Å². The van der Waals surface area contributed by atoms with Gasteiger partial charge in [0.05, 0.1) is 6.42 Å². The van der Waals surface area contributed by atoms with Crippen LogP contribution in [0.2, 0.25) is 0 Å². The number of aryl methyl sites for hydroxylation is 1. The van der Waals surface area contributed by atoms with Crippen LogP contribution in [-0.2, 0) is 11.2 Å². The number of aromatic amines is 1. The van der Waals surface area contributed by atoms with Crippen LogP contribution in [0.1, 0.15) is 11.1 Å². The molecule has 0 aliphatic heterocycles. The first-order valence-corrected chi connectivity index (χ1v) is 9.49. The van der Waals surface area contributed by atoms with Gasteiger partial charge in [-0.3, -0.25) is 4.79 Å². The molecule has 0 aliphatic carbocycles. The second kappa shape index (κ2) is 6.95. The smallest absolute Gasteiger partial charge is 0.228 e. The van der Waals surface area contributed by atoms with Gasteiger partial charge in [-0.25, -0.2) is 4.98 Å². The third-order valence-corrected chi connectivity index (χ3v) is 5.07. The molecule has 0 saturated heterocycles. The fraction of sp³-hybridized carbons (Fsp3) is 0.0833. The molecule has 5 nitrogen and oxygen atoms in total. The molecule has 2 aromatic heterocycles. The van der Waals surface area contributed by atoms with Crippen molar-refractivity contribution in [3.8, 4) is 11.5 Å². The van der Waals surface area contributed by atoms with Gasteiger partial charge in [-0.15, -0.1) is 0 Å². The van der Waals surface area contributed by atoms with E-state index in [1.807, 2.05) is 79.9 Å². The first kappa shape index (κ1) is 17.3. The van der Waals surface area contributed by atoms with E-state index in [-0.39, 0.29) is 5.91 Å². The SMILES string of the molecule is Cc1ccccc1-c1nc2ccc(NC(=O)Cc3c[nH]c4ccccc34)cc2o1. The summed E-state index contributed by atoms with van der Waals surface area (Å²) in [5, 5.41) is 4.02. The summed E-state index contributed by atoms with van der Waals surface area (Å²) < 4.78 is 5.95. The predicted molar refractivity (Wildman–Crippen MR) is 115 cm³/mol. The van der Waals surface area contributed by atoms with Crippen molar-refractivity contribution in [3.63, 3.8) is 0 Å². The molecule has 0 radical (unpaired) electrons. The quantitative estimate of drug-likeness (QED) is 0.434. The van der Waals surface area contributed by atoms with Crippen molar-refractivity contribution in [3.05, 3.63) is 84.1 Å². The Balaban J connectivity index is 1.38. The van der Waals surface area contributed by atoms with E-state index in [9.17, 15) is 4.79 Å². The van der Waals surface area contributed by atoms with Gasteiger partial charge in [0.1, 0.15) is 5.52 Å². The molecule has 3 aromatic carbocycles. The molecule has 2 N–H and O–H groups in total. The number of rotatable bonds is 4. The number of H-pyrrole nitrogens is 1. The number of nitrogens with one attached hydrogen (secondary N) is 2. The summed E-state index contributed by atoms with van der Waals surface area (Å²) in [6, 6.07) is 21.5. The molecular weight excluding hydrogens is 362 g/mol. The Morgan fingerprint density at radius 1 is 1.07 bits per heavy atom. The molecule has 1 amide bonds. The van der Waals surface area contributed by atoms with E-state index in [1.54, 1.807) is 0 Å². The maximum absolute atomic E-state index is 12.6. The molecule has 5 aromatic rings. The van der Waals surface area contributed by atoms with Crippen LogP contribution in [0.15, 0.2) is 77.3 Å². The van der Waals surface area contributed by atoms with E-state index in [1.165, 1.54) is 0 Å². The van der Waals surface area contributed by atoms with Gasteiger partial charge < -0.3 is 14.7 Å². The average molecular weight is 381 g/mol. The van der Waals surface area contributed by atoms with Crippen LogP contribution in [0.4, 0.5) is 5.69 Å². The number of nitrogens with zero attached hydrogens (tertiary/aromatic N) is 1. The Morgan fingerprint density at radius 3 is 2.79 bits per heavy atom. The van der Waals surface area contributed by atoms with Gasteiger partial charge in [0.15, 0.2) is 5.58 Å². The van der Waals surface area contributed by atoms with Crippen LogP contribution in [0.3, 0.4) is 0 Å². The van der Waals surface area contributed by atoms with Crippen LogP contribution >= 0.6 is 0 Å². The molecule has 5 rings (SSSR count). The molecule has 29 heavy (non-hydrogen) atoms. The van der Waals surface area contributed by atoms with Crippen molar-refractivity contribution in [2.24, 2.45) is 0 Å². The molecule has 0 saturated carbocycles. The fourth-order valence-corrected chi connectivity index (χ4v) is 3.59.